The van der Waals surface area contributed by atoms with Gasteiger partial charge in [-0.05, 0) is 41.5 Å². The Labute approximate surface area is 148 Å². The van der Waals surface area contributed by atoms with Crippen LogP contribution in [-0.2, 0) is 4.79 Å². The predicted octanol–water partition coefficient (Wildman–Crippen LogP) is 4.84. The molecular formula is C20H12ClNO3. The van der Waals surface area contributed by atoms with Crippen LogP contribution in [0.1, 0.15) is 16.8 Å². The van der Waals surface area contributed by atoms with Crippen LogP contribution in [0.2, 0.25) is 5.02 Å². The molecule has 122 valence electrons. The van der Waals surface area contributed by atoms with Crippen LogP contribution in [0.3, 0.4) is 0 Å². The molecule has 0 atom stereocenters. The van der Waals surface area contributed by atoms with Crippen LogP contribution in [-0.4, -0.2) is 15.9 Å². The minimum absolute atomic E-state index is 0.148. The first-order valence-corrected chi connectivity index (χ1v) is 7.99. The van der Waals surface area contributed by atoms with Crippen LogP contribution in [0.15, 0.2) is 59.0 Å². The molecule has 4 rings (SSSR count). The Morgan fingerprint density at radius 3 is 2.76 bits per heavy atom. The van der Waals surface area contributed by atoms with Crippen LogP contribution in [0, 0.1) is 0 Å². The van der Waals surface area contributed by atoms with E-state index in [9.17, 15) is 9.90 Å². The first-order chi connectivity index (χ1) is 12.1. The number of fused-ring (bicyclic) bond motifs is 1. The van der Waals surface area contributed by atoms with Gasteiger partial charge in [0.05, 0.1) is 0 Å². The quantitative estimate of drug-likeness (QED) is 0.672. The lowest BCUT2D eigenvalue weighted by atomic mass is 9.91. The molecular weight excluding hydrogens is 338 g/mol. The summed E-state index contributed by atoms with van der Waals surface area (Å²) in [5.41, 5.74) is 3.03. The number of benzene rings is 2. The number of aromatic hydroxyl groups is 1. The molecule has 0 amide bonds. The van der Waals surface area contributed by atoms with E-state index in [0.717, 1.165) is 11.1 Å². The number of carbonyl (C=O) groups excluding carboxylic acids is 1. The number of oxazole rings is 1. The van der Waals surface area contributed by atoms with Gasteiger partial charge in [0.25, 0.3) is 0 Å². The molecule has 1 aliphatic rings. The van der Waals surface area contributed by atoms with Gasteiger partial charge in [-0.1, -0.05) is 48.0 Å². The Balaban J connectivity index is 1.80. The minimum Gasteiger partial charge on any atom is -0.479 e. The van der Waals surface area contributed by atoms with Crippen molar-refractivity contribution in [2.45, 2.75) is 0 Å². The van der Waals surface area contributed by atoms with Crippen molar-refractivity contribution in [3.63, 3.8) is 0 Å². The van der Waals surface area contributed by atoms with Crippen LogP contribution >= 0.6 is 11.6 Å². The molecule has 0 radical (unpaired) electrons. The monoisotopic (exact) mass is 349 g/mol. The van der Waals surface area contributed by atoms with Crippen molar-refractivity contribution in [1.82, 2.24) is 4.98 Å². The standard InChI is InChI=1S/C20H12ClNO3/c21-14-6-3-5-13(10-14)19-22-17(20(24)25-19)11-16-15-7-2-1-4-12(15)8-9-18(16)23/h1-11,24H/b16-11-. The Bertz CT molecular complexity index is 1050. The zero-order valence-corrected chi connectivity index (χ0v) is 13.7. The third-order valence-electron chi connectivity index (χ3n) is 3.92. The Hall–Kier alpha value is -3.11. The Kier molecular flexibility index (Phi) is 3.75. The molecule has 0 saturated carbocycles. The van der Waals surface area contributed by atoms with Crippen molar-refractivity contribution in [2.75, 3.05) is 0 Å². The fourth-order valence-electron chi connectivity index (χ4n) is 2.72. The fourth-order valence-corrected chi connectivity index (χ4v) is 2.91. The zero-order chi connectivity index (χ0) is 17.4. The number of aromatic nitrogens is 1. The highest BCUT2D eigenvalue weighted by molar-refractivity contribution is 6.33. The molecule has 0 saturated heterocycles. The number of rotatable bonds is 2. The van der Waals surface area contributed by atoms with Gasteiger partial charge in [-0.2, -0.15) is 0 Å². The normalized spacial score (nSPS) is 14.8. The molecule has 5 heteroatoms. The summed E-state index contributed by atoms with van der Waals surface area (Å²) in [5.74, 6) is -0.258. The van der Waals surface area contributed by atoms with E-state index < -0.39 is 0 Å². The minimum atomic E-state index is -0.345. The fraction of sp³-hybridized carbons (Fsp3) is 0. The zero-order valence-electron chi connectivity index (χ0n) is 12.9. The van der Waals surface area contributed by atoms with Crippen molar-refractivity contribution in [3.8, 4) is 17.4 Å². The molecule has 4 nitrogen and oxygen atoms in total. The highest BCUT2D eigenvalue weighted by Gasteiger charge is 2.20. The summed E-state index contributed by atoms with van der Waals surface area (Å²) >= 11 is 5.98. The largest absolute Gasteiger partial charge is 0.479 e. The number of ketones is 1. The Morgan fingerprint density at radius 2 is 1.92 bits per heavy atom. The maximum Gasteiger partial charge on any atom is 0.310 e. The van der Waals surface area contributed by atoms with Gasteiger partial charge in [0.2, 0.25) is 5.89 Å². The molecule has 1 N–H and O–H groups in total. The lowest BCUT2D eigenvalue weighted by molar-refractivity contribution is -0.109. The van der Waals surface area contributed by atoms with Crippen LogP contribution < -0.4 is 0 Å². The van der Waals surface area contributed by atoms with Crippen molar-refractivity contribution < 1.29 is 14.3 Å². The van der Waals surface area contributed by atoms with Gasteiger partial charge in [-0.25, -0.2) is 4.98 Å². The van der Waals surface area contributed by atoms with Gasteiger partial charge in [0, 0.05) is 16.2 Å². The lowest BCUT2D eigenvalue weighted by Gasteiger charge is -2.12. The van der Waals surface area contributed by atoms with E-state index in [1.165, 1.54) is 12.2 Å². The third-order valence-corrected chi connectivity index (χ3v) is 4.15. The maximum absolute atomic E-state index is 12.3. The summed E-state index contributed by atoms with van der Waals surface area (Å²) in [6, 6.07) is 14.5. The van der Waals surface area contributed by atoms with Gasteiger partial charge in [0.1, 0.15) is 5.69 Å². The van der Waals surface area contributed by atoms with Crippen LogP contribution in [0.4, 0.5) is 0 Å². The molecule has 2 aromatic carbocycles. The molecule has 0 fully saturated rings. The molecule has 0 aliphatic heterocycles. The number of nitrogens with zero attached hydrogens (tertiary/aromatic N) is 1. The van der Waals surface area contributed by atoms with Crippen molar-refractivity contribution in [2.24, 2.45) is 0 Å². The predicted molar refractivity (Wildman–Crippen MR) is 97.0 cm³/mol. The average Bonchev–Trinajstić information content (AvgIpc) is 2.98. The molecule has 0 bridgehead atoms. The molecule has 0 spiro atoms. The van der Waals surface area contributed by atoms with E-state index in [1.807, 2.05) is 24.3 Å². The van der Waals surface area contributed by atoms with E-state index in [0.29, 0.717) is 16.2 Å². The first kappa shape index (κ1) is 15.4. The molecule has 1 aromatic heterocycles. The van der Waals surface area contributed by atoms with E-state index in [4.69, 9.17) is 16.0 Å². The summed E-state index contributed by atoms with van der Waals surface area (Å²) in [6.45, 7) is 0. The van der Waals surface area contributed by atoms with Crippen LogP contribution in [0.5, 0.6) is 5.95 Å². The van der Waals surface area contributed by atoms with Gasteiger partial charge in [0.15, 0.2) is 5.78 Å². The van der Waals surface area contributed by atoms with Crippen molar-refractivity contribution in [1.29, 1.82) is 0 Å². The highest BCUT2D eigenvalue weighted by atomic mass is 35.5. The second-order valence-electron chi connectivity index (χ2n) is 5.56. The summed E-state index contributed by atoms with van der Waals surface area (Å²) in [5, 5.41) is 10.6. The summed E-state index contributed by atoms with van der Waals surface area (Å²) in [7, 11) is 0. The number of hydrogen-bond acceptors (Lipinski definition) is 4. The second kappa shape index (κ2) is 6.07. The number of allylic oxidation sites excluding steroid dienone is 2. The maximum atomic E-state index is 12.3. The van der Waals surface area contributed by atoms with E-state index in [2.05, 4.69) is 4.98 Å². The van der Waals surface area contributed by atoms with Crippen molar-refractivity contribution in [3.05, 3.63) is 76.5 Å². The average molecular weight is 350 g/mol. The Morgan fingerprint density at radius 1 is 1.08 bits per heavy atom. The molecule has 3 aromatic rings. The van der Waals surface area contributed by atoms with E-state index in [-0.39, 0.29) is 23.3 Å². The summed E-state index contributed by atoms with van der Waals surface area (Å²) in [4.78, 5) is 16.6. The smallest absolute Gasteiger partial charge is 0.310 e. The van der Waals surface area contributed by atoms with E-state index >= 15 is 0 Å². The summed E-state index contributed by atoms with van der Waals surface area (Å²) < 4.78 is 5.33. The topological polar surface area (TPSA) is 63.3 Å². The molecule has 1 heterocycles. The number of carbonyl (C=O) groups is 1. The van der Waals surface area contributed by atoms with Gasteiger partial charge >= 0.3 is 5.95 Å². The highest BCUT2D eigenvalue weighted by Crippen LogP contribution is 2.33. The van der Waals surface area contributed by atoms with Gasteiger partial charge < -0.3 is 9.52 Å². The lowest BCUT2D eigenvalue weighted by Crippen LogP contribution is -2.04. The van der Waals surface area contributed by atoms with Crippen molar-refractivity contribution >= 4 is 35.1 Å². The third kappa shape index (κ3) is 2.88. The molecule has 1 aliphatic carbocycles. The van der Waals surface area contributed by atoms with Gasteiger partial charge in [-0.3, -0.25) is 4.79 Å². The van der Waals surface area contributed by atoms with E-state index in [1.54, 1.807) is 30.3 Å². The SMILES string of the molecule is O=C1C=Cc2ccccc2/C1=C/c1nc(-c2cccc(Cl)c2)oc1O. The summed E-state index contributed by atoms with van der Waals surface area (Å²) in [6.07, 6.45) is 4.82. The molecule has 25 heavy (non-hydrogen) atoms. The number of hydrogen-bond donors (Lipinski definition) is 1. The van der Waals surface area contributed by atoms with Gasteiger partial charge in [-0.15, -0.1) is 0 Å². The first-order valence-electron chi connectivity index (χ1n) is 7.61. The van der Waals surface area contributed by atoms with Crippen LogP contribution in [0.25, 0.3) is 29.2 Å². The number of halogens is 1. The molecule has 0 unspecified atom stereocenters. The second-order valence-corrected chi connectivity index (χ2v) is 6.00.